The number of nitrogens with zero attached hydrogens (tertiary/aromatic N) is 1. The maximum absolute atomic E-state index is 10.9. The molecule has 0 aromatic heterocycles. The molecule has 0 fully saturated rings. The average Bonchev–Trinajstić information content (AvgIpc) is 1.99. The minimum absolute atomic E-state index is 0.162. The summed E-state index contributed by atoms with van der Waals surface area (Å²) in [4.78, 5) is 26.0. The number of ether oxygens (including phenoxy) is 1. The first-order valence-corrected chi connectivity index (χ1v) is 3.52. The Morgan fingerprint density at radius 2 is 1.92 bits per heavy atom. The Balaban J connectivity index is 4.09. The van der Waals surface area contributed by atoms with Crippen molar-refractivity contribution in [3.63, 3.8) is 0 Å². The molecule has 0 saturated heterocycles. The van der Waals surface area contributed by atoms with Gasteiger partial charge in [0.25, 0.3) is 0 Å². The summed E-state index contributed by atoms with van der Waals surface area (Å²) < 4.78 is 4.48. The van der Waals surface area contributed by atoms with Gasteiger partial charge in [-0.15, -0.1) is 0 Å². The number of rotatable bonds is 3. The number of amides is 3. The molecular weight excluding hydrogens is 164 g/mol. The fraction of sp³-hybridized carbons (Fsp3) is 0.667. The number of hydroxylamine groups is 2. The summed E-state index contributed by atoms with van der Waals surface area (Å²) in [5.74, 6) is 0. The van der Waals surface area contributed by atoms with Crippen molar-refractivity contribution in [1.82, 2.24) is 5.06 Å². The summed E-state index contributed by atoms with van der Waals surface area (Å²) in [6.07, 6.45) is -0.896. The molecule has 0 bridgehead atoms. The zero-order valence-corrected chi connectivity index (χ0v) is 7.07. The summed E-state index contributed by atoms with van der Waals surface area (Å²) in [7, 11) is 0. The van der Waals surface area contributed by atoms with E-state index < -0.39 is 12.1 Å². The fourth-order valence-electron chi connectivity index (χ4n) is 0.517. The van der Waals surface area contributed by atoms with Gasteiger partial charge in [-0.25, -0.2) is 9.59 Å². The average molecular weight is 176 g/mol. The third-order valence-corrected chi connectivity index (χ3v) is 0.892. The second-order valence-electron chi connectivity index (χ2n) is 1.75. The molecule has 0 aliphatic rings. The predicted octanol–water partition coefficient (Wildman–Crippen LogP) is 0.475. The lowest BCUT2D eigenvalue weighted by molar-refractivity contribution is -0.0922. The number of imide groups is 1. The number of nitrogens with two attached hydrogens (primary N) is 1. The van der Waals surface area contributed by atoms with Crippen LogP contribution in [0.25, 0.3) is 0 Å². The molecule has 6 heteroatoms. The topological polar surface area (TPSA) is 81.9 Å². The zero-order valence-electron chi connectivity index (χ0n) is 7.07. The second-order valence-corrected chi connectivity index (χ2v) is 1.75. The lowest BCUT2D eigenvalue weighted by Gasteiger charge is -2.15. The molecule has 0 aliphatic carbocycles. The quantitative estimate of drug-likeness (QED) is 0.634. The van der Waals surface area contributed by atoms with Gasteiger partial charge in [0.1, 0.15) is 0 Å². The zero-order chi connectivity index (χ0) is 9.56. The SMILES string of the molecule is CCOC(=O)N(OCC)C(N)=O. The number of primary amides is 1. The molecule has 0 aromatic rings. The molecule has 0 radical (unpaired) electrons. The van der Waals surface area contributed by atoms with Gasteiger partial charge >= 0.3 is 12.1 Å². The van der Waals surface area contributed by atoms with Crippen LogP contribution in [0.1, 0.15) is 13.8 Å². The van der Waals surface area contributed by atoms with E-state index in [1.54, 1.807) is 13.8 Å². The molecule has 0 aromatic carbocycles. The van der Waals surface area contributed by atoms with E-state index in [-0.39, 0.29) is 13.2 Å². The monoisotopic (exact) mass is 176 g/mol. The highest BCUT2D eigenvalue weighted by molar-refractivity contribution is 5.88. The highest BCUT2D eigenvalue weighted by atomic mass is 16.7. The first kappa shape index (κ1) is 10.7. The molecule has 70 valence electrons. The number of carbonyl (C=O) groups excluding carboxylic acids is 2. The van der Waals surface area contributed by atoms with Crippen molar-refractivity contribution in [2.24, 2.45) is 5.73 Å². The van der Waals surface area contributed by atoms with Crippen LogP contribution in [0.3, 0.4) is 0 Å². The van der Waals surface area contributed by atoms with E-state index in [1.807, 2.05) is 0 Å². The Labute approximate surface area is 70.2 Å². The normalized spacial score (nSPS) is 9.17. The van der Waals surface area contributed by atoms with Crippen LogP contribution in [0.15, 0.2) is 0 Å². The van der Waals surface area contributed by atoms with Gasteiger partial charge in [-0.3, -0.25) is 4.84 Å². The third-order valence-electron chi connectivity index (χ3n) is 0.892. The maximum Gasteiger partial charge on any atom is 0.442 e. The lowest BCUT2D eigenvalue weighted by Crippen LogP contribution is -2.40. The third kappa shape index (κ3) is 3.20. The summed E-state index contributed by atoms with van der Waals surface area (Å²) in [5, 5.41) is 0.378. The van der Waals surface area contributed by atoms with Crippen molar-refractivity contribution in [1.29, 1.82) is 0 Å². The van der Waals surface area contributed by atoms with E-state index in [1.165, 1.54) is 0 Å². The van der Waals surface area contributed by atoms with Crippen LogP contribution in [-0.4, -0.2) is 30.4 Å². The van der Waals surface area contributed by atoms with Gasteiger partial charge in [0.15, 0.2) is 0 Å². The number of hydrogen-bond acceptors (Lipinski definition) is 4. The molecule has 0 spiro atoms. The number of urea groups is 1. The van der Waals surface area contributed by atoms with Crippen LogP contribution < -0.4 is 5.73 Å². The van der Waals surface area contributed by atoms with Crippen LogP contribution in [-0.2, 0) is 9.57 Å². The van der Waals surface area contributed by atoms with Crippen LogP contribution >= 0.6 is 0 Å². The highest BCUT2D eigenvalue weighted by Gasteiger charge is 2.20. The van der Waals surface area contributed by atoms with E-state index >= 15 is 0 Å². The van der Waals surface area contributed by atoms with Crippen LogP contribution in [0, 0.1) is 0 Å². The summed E-state index contributed by atoms with van der Waals surface area (Å²) >= 11 is 0. The van der Waals surface area contributed by atoms with Crippen LogP contribution in [0.5, 0.6) is 0 Å². The Morgan fingerprint density at radius 3 is 2.25 bits per heavy atom. The largest absolute Gasteiger partial charge is 0.448 e. The van der Waals surface area contributed by atoms with Crippen LogP contribution in [0.4, 0.5) is 9.59 Å². The fourth-order valence-corrected chi connectivity index (χ4v) is 0.517. The summed E-state index contributed by atoms with van der Waals surface area (Å²) in [5.41, 5.74) is 4.82. The van der Waals surface area contributed by atoms with E-state index in [4.69, 9.17) is 5.73 Å². The minimum Gasteiger partial charge on any atom is -0.448 e. The number of hydrogen-bond donors (Lipinski definition) is 1. The first-order chi connectivity index (χ1) is 5.63. The van der Waals surface area contributed by atoms with Gasteiger partial charge in [-0.1, -0.05) is 5.06 Å². The van der Waals surface area contributed by atoms with Crippen molar-refractivity contribution in [2.45, 2.75) is 13.8 Å². The Bertz CT molecular complexity index is 171. The molecule has 3 amide bonds. The molecule has 2 N–H and O–H groups in total. The van der Waals surface area contributed by atoms with E-state index in [0.717, 1.165) is 0 Å². The standard InChI is InChI=1S/C6H12N2O4/c1-3-11-6(10)8(5(7)9)12-4-2/h3-4H2,1-2H3,(H2,7,9). The van der Waals surface area contributed by atoms with Gasteiger partial charge < -0.3 is 10.5 Å². The first-order valence-electron chi connectivity index (χ1n) is 3.52. The van der Waals surface area contributed by atoms with Gasteiger partial charge in [0.2, 0.25) is 0 Å². The Morgan fingerprint density at radius 1 is 1.33 bits per heavy atom. The van der Waals surface area contributed by atoms with Gasteiger partial charge in [0.05, 0.1) is 13.2 Å². The second kappa shape index (κ2) is 5.36. The van der Waals surface area contributed by atoms with Gasteiger partial charge in [-0.2, -0.15) is 0 Å². The molecule has 0 rings (SSSR count). The Kier molecular flexibility index (Phi) is 4.78. The van der Waals surface area contributed by atoms with Gasteiger partial charge in [0, 0.05) is 0 Å². The van der Waals surface area contributed by atoms with Crippen molar-refractivity contribution >= 4 is 12.1 Å². The van der Waals surface area contributed by atoms with Crippen molar-refractivity contribution in [3.05, 3.63) is 0 Å². The molecule has 6 nitrogen and oxygen atoms in total. The summed E-state index contributed by atoms with van der Waals surface area (Å²) in [6, 6.07) is -0.990. The maximum atomic E-state index is 10.9. The van der Waals surface area contributed by atoms with E-state index in [0.29, 0.717) is 5.06 Å². The van der Waals surface area contributed by atoms with E-state index in [2.05, 4.69) is 9.57 Å². The molecule has 12 heavy (non-hydrogen) atoms. The number of carbonyl (C=O) groups is 2. The molecule has 0 saturated carbocycles. The minimum atomic E-state index is -0.990. The van der Waals surface area contributed by atoms with Crippen molar-refractivity contribution < 1.29 is 19.2 Å². The summed E-state index contributed by atoms with van der Waals surface area (Å²) in [6.45, 7) is 3.57. The van der Waals surface area contributed by atoms with Crippen molar-refractivity contribution in [2.75, 3.05) is 13.2 Å². The molecule has 0 aliphatic heterocycles. The molecule has 0 atom stereocenters. The molecular formula is C6H12N2O4. The van der Waals surface area contributed by atoms with Gasteiger partial charge in [-0.05, 0) is 13.8 Å². The predicted molar refractivity (Wildman–Crippen MR) is 40.1 cm³/mol. The van der Waals surface area contributed by atoms with Crippen molar-refractivity contribution in [3.8, 4) is 0 Å². The Hall–Kier alpha value is -1.30. The smallest absolute Gasteiger partial charge is 0.442 e. The molecule has 0 unspecified atom stereocenters. The van der Waals surface area contributed by atoms with E-state index in [9.17, 15) is 9.59 Å². The van der Waals surface area contributed by atoms with Crippen LogP contribution in [0.2, 0.25) is 0 Å². The highest BCUT2D eigenvalue weighted by Crippen LogP contribution is 1.94. The molecule has 0 heterocycles. The lowest BCUT2D eigenvalue weighted by atomic mass is 10.8.